The molecule has 25 heavy (non-hydrogen) atoms. The van der Waals surface area contributed by atoms with Crippen LogP contribution in [0.1, 0.15) is 10.4 Å². The van der Waals surface area contributed by atoms with E-state index in [0.717, 1.165) is 32.8 Å². The second kappa shape index (κ2) is 8.75. The molecule has 1 fully saturated rings. The first-order chi connectivity index (χ1) is 12.2. The molecule has 0 bridgehead atoms. The molecule has 132 valence electrons. The summed E-state index contributed by atoms with van der Waals surface area (Å²) in [6.45, 7) is 4.70. The molecule has 2 heterocycles. The van der Waals surface area contributed by atoms with Crippen LogP contribution in [0.4, 0.5) is 11.6 Å². The Morgan fingerprint density at radius 1 is 1.20 bits per heavy atom. The van der Waals surface area contributed by atoms with Crippen LogP contribution in [0.2, 0.25) is 5.02 Å². The van der Waals surface area contributed by atoms with Crippen LogP contribution in [0.3, 0.4) is 0 Å². The number of ether oxygens (including phenoxy) is 1. The van der Waals surface area contributed by atoms with E-state index in [1.54, 1.807) is 6.07 Å². The molecule has 0 unspecified atom stereocenters. The number of nitrogens with one attached hydrogen (secondary N) is 2. The maximum absolute atomic E-state index is 12.1. The summed E-state index contributed by atoms with van der Waals surface area (Å²) in [5.41, 5.74) is 1.14. The normalized spacial score (nSPS) is 14.9. The summed E-state index contributed by atoms with van der Waals surface area (Å²) < 4.78 is 5.30. The van der Waals surface area contributed by atoms with Gasteiger partial charge >= 0.3 is 0 Å². The van der Waals surface area contributed by atoms with E-state index in [2.05, 4.69) is 25.5 Å². The molecule has 2 aromatic rings. The molecule has 1 amide bonds. The summed E-state index contributed by atoms with van der Waals surface area (Å²) in [5.74, 6) is 0.204. The van der Waals surface area contributed by atoms with Gasteiger partial charge in [-0.15, -0.1) is 0 Å². The SMILES string of the molecule is O=C(NCCN1CCOCC1)c1cnc(Nc2ccccc2Cl)nc1. The van der Waals surface area contributed by atoms with Crippen molar-refractivity contribution in [3.05, 3.63) is 47.2 Å². The van der Waals surface area contributed by atoms with Gasteiger partial charge in [0, 0.05) is 38.6 Å². The first kappa shape index (κ1) is 17.6. The molecule has 2 N–H and O–H groups in total. The lowest BCUT2D eigenvalue weighted by molar-refractivity contribution is 0.0383. The molecule has 1 saturated heterocycles. The Labute approximate surface area is 151 Å². The van der Waals surface area contributed by atoms with E-state index in [4.69, 9.17) is 16.3 Å². The Hall–Kier alpha value is -2.22. The zero-order chi connectivity index (χ0) is 17.5. The van der Waals surface area contributed by atoms with E-state index in [-0.39, 0.29) is 5.91 Å². The van der Waals surface area contributed by atoms with Gasteiger partial charge in [0.25, 0.3) is 5.91 Å². The van der Waals surface area contributed by atoms with Crippen molar-refractivity contribution in [1.29, 1.82) is 0 Å². The molecule has 1 aliphatic rings. The minimum atomic E-state index is -0.183. The minimum absolute atomic E-state index is 0.183. The number of benzene rings is 1. The number of amides is 1. The van der Waals surface area contributed by atoms with Crippen LogP contribution < -0.4 is 10.6 Å². The average Bonchev–Trinajstić information content (AvgIpc) is 2.65. The lowest BCUT2D eigenvalue weighted by Crippen LogP contribution is -2.41. The zero-order valence-electron chi connectivity index (χ0n) is 13.7. The van der Waals surface area contributed by atoms with E-state index in [1.165, 1.54) is 12.4 Å². The summed E-state index contributed by atoms with van der Waals surface area (Å²) in [5, 5.41) is 6.48. The largest absolute Gasteiger partial charge is 0.379 e. The predicted molar refractivity (Wildman–Crippen MR) is 96.4 cm³/mol. The Balaban J connectivity index is 1.49. The zero-order valence-corrected chi connectivity index (χ0v) is 14.5. The Kier molecular flexibility index (Phi) is 6.16. The van der Waals surface area contributed by atoms with Crippen LogP contribution in [0.15, 0.2) is 36.7 Å². The van der Waals surface area contributed by atoms with Gasteiger partial charge in [0.05, 0.1) is 29.5 Å². The minimum Gasteiger partial charge on any atom is -0.379 e. The van der Waals surface area contributed by atoms with Crippen LogP contribution >= 0.6 is 11.6 Å². The highest BCUT2D eigenvalue weighted by atomic mass is 35.5. The molecular weight excluding hydrogens is 342 g/mol. The van der Waals surface area contributed by atoms with Crippen molar-refractivity contribution in [2.45, 2.75) is 0 Å². The number of halogens is 1. The predicted octanol–water partition coefficient (Wildman–Crippen LogP) is 1.94. The summed E-state index contributed by atoms with van der Waals surface area (Å²) >= 11 is 6.08. The van der Waals surface area contributed by atoms with Gasteiger partial charge in [-0.2, -0.15) is 0 Å². The van der Waals surface area contributed by atoms with Crippen LogP contribution in [0.25, 0.3) is 0 Å². The third kappa shape index (κ3) is 5.12. The molecule has 1 aliphatic heterocycles. The quantitative estimate of drug-likeness (QED) is 0.818. The van der Waals surface area contributed by atoms with Crippen LogP contribution in [0.5, 0.6) is 0 Å². The molecule has 1 aromatic carbocycles. The number of aromatic nitrogens is 2. The number of anilines is 2. The van der Waals surface area contributed by atoms with Crippen molar-refractivity contribution < 1.29 is 9.53 Å². The van der Waals surface area contributed by atoms with Gasteiger partial charge in [0.2, 0.25) is 5.95 Å². The second-order valence-corrected chi connectivity index (χ2v) is 6.02. The average molecular weight is 362 g/mol. The smallest absolute Gasteiger partial charge is 0.254 e. The highest BCUT2D eigenvalue weighted by molar-refractivity contribution is 6.33. The maximum Gasteiger partial charge on any atom is 0.254 e. The fourth-order valence-corrected chi connectivity index (χ4v) is 2.63. The van der Waals surface area contributed by atoms with Crippen molar-refractivity contribution in [3.8, 4) is 0 Å². The first-order valence-corrected chi connectivity index (χ1v) is 8.52. The topological polar surface area (TPSA) is 79.4 Å². The van der Waals surface area contributed by atoms with Gasteiger partial charge in [0.1, 0.15) is 0 Å². The first-order valence-electron chi connectivity index (χ1n) is 8.14. The molecule has 0 atom stereocenters. The van der Waals surface area contributed by atoms with Crippen molar-refractivity contribution >= 4 is 29.1 Å². The number of carbonyl (C=O) groups is 1. The molecule has 0 radical (unpaired) electrons. The van der Waals surface area contributed by atoms with Crippen LogP contribution in [-0.2, 0) is 4.74 Å². The summed E-state index contributed by atoms with van der Waals surface area (Å²) in [6, 6.07) is 7.32. The number of nitrogens with zero attached hydrogens (tertiary/aromatic N) is 3. The number of hydrogen-bond acceptors (Lipinski definition) is 6. The lowest BCUT2D eigenvalue weighted by Gasteiger charge is -2.26. The molecular formula is C17H20ClN5O2. The molecule has 3 rings (SSSR count). The number of morpholine rings is 1. The van der Waals surface area contributed by atoms with E-state index < -0.39 is 0 Å². The molecule has 0 spiro atoms. The monoisotopic (exact) mass is 361 g/mol. The van der Waals surface area contributed by atoms with Gasteiger partial charge in [-0.05, 0) is 12.1 Å². The number of rotatable bonds is 6. The molecule has 8 heteroatoms. The summed E-state index contributed by atoms with van der Waals surface area (Å²) in [4.78, 5) is 22.7. The lowest BCUT2D eigenvalue weighted by atomic mass is 10.3. The Morgan fingerprint density at radius 2 is 1.92 bits per heavy atom. The van der Waals surface area contributed by atoms with E-state index in [9.17, 15) is 4.79 Å². The van der Waals surface area contributed by atoms with Crippen molar-refractivity contribution in [1.82, 2.24) is 20.2 Å². The highest BCUT2D eigenvalue weighted by Crippen LogP contribution is 2.22. The summed E-state index contributed by atoms with van der Waals surface area (Å²) in [7, 11) is 0. The summed E-state index contributed by atoms with van der Waals surface area (Å²) in [6.07, 6.45) is 2.99. The van der Waals surface area contributed by atoms with Crippen molar-refractivity contribution in [2.24, 2.45) is 0 Å². The second-order valence-electron chi connectivity index (χ2n) is 5.61. The number of carbonyl (C=O) groups excluding carboxylic acids is 1. The number of para-hydroxylation sites is 1. The fourth-order valence-electron chi connectivity index (χ4n) is 2.45. The molecule has 1 aromatic heterocycles. The number of hydrogen-bond donors (Lipinski definition) is 2. The molecule has 7 nitrogen and oxygen atoms in total. The van der Waals surface area contributed by atoms with Crippen molar-refractivity contribution in [2.75, 3.05) is 44.7 Å². The standard InChI is InChI=1S/C17H20ClN5O2/c18-14-3-1-2-4-15(14)22-17-20-11-13(12-21-17)16(24)19-5-6-23-7-9-25-10-8-23/h1-4,11-12H,5-10H2,(H,19,24)(H,20,21,22). The van der Waals surface area contributed by atoms with E-state index in [1.807, 2.05) is 18.2 Å². The highest BCUT2D eigenvalue weighted by Gasteiger charge is 2.11. The van der Waals surface area contributed by atoms with Gasteiger partial charge in [0.15, 0.2) is 0 Å². The fraction of sp³-hybridized carbons (Fsp3) is 0.353. The molecule has 0 saturated carbocycles. The van der Waals surface area contributed by atoms with Crippen LogP contribution in [-0.4, -0.2) is 60.2 Å². The van der Waals surface area contributed by atoms with E-state index >= 15 is 0 Å². The van der Waals surface area contributed by atoms with Gasteiger partial charge in [-0.1, -0.05) is 23.7 Å². The third-order valence-electron chi connectivity index (χ3n) is 3.85. The van der Waals surface area contributed by atoms with Gasteiger partial charge in [-0.3, -0.25) is 9.69 Å². The van der Waals surface area contributed by atoms with Crippen LogP contribution in [0, 0.1) is 0 Å². The Morgan fingerprint density at radius 3 is 2.64 bits per heavy atom. The van der Waals surface area contributed by atoms with Gasteiger partial charge in [-0.25, -0.2) is 9.97 Å². The van der Waals surface area contributed by atoms with E-state index in [0.29, 0.717) is 28.8 Å². The van der Waals surface area contributed by atoms with Crippen molar-refractivity contribution in [3.63, 3.8) is 0 Å². The third-order valence-corrected chi connectivity index (χ3v) is 4.18. The van der Waals surface area contributed by atoms with Gasteiger partial charge < -0.3 is 15.4 Å². The molecule has 0 aliphatic carbocycles. The maximum atomic E-state index is 12.1. The Bertz CT molecular complexity index is 704.